The molecular weight excluding hydrogens is 249 g/mol. The number of aromatic nitrogens is 1. The van der Waals surface area contributed by atoms with E-state index in [-0.39, 0.29) is 16.2 Å². The molecule has 0 aliphatic heterocycles. The summed E-state index contributed by atoms with van der Waals surface area (Å²) in [6.45, 7) is 2.02. The highest BCUT2D eigenvalue weighted by Gasteiger charge is 2.07. The van der Waals surface area contributed by atoms with Crippen molar-refractivity contribution < 1.29 is 4.79 Å². The van der Waals surface area contributed by atoms with Gasteiger partial charge in [-0.1, -0.05) is 36.5 Å². The number of nitrogens with one attached hydrogen (secondary N) is 1. The van der Waals surface area contributed by atoms with Crippen LogP contribution in [0.25, 0.3) is 0 Å². The molecule has 86 valence electrons. The molecule has 6 heteroatoms. The first-order valence-electron chi connectivity index (χ1n) is 4.78. The minimum Gasteiger partial charge on any atom is -0.267 e. The molecule has 1 amide bonds. The Balaban J connectivity index is 2.66. The van der Waals surface area contributed by atoms with E-state index in [2.05, 4.69) is 15.5 Å². The van der Waals surface area contributed by atoms with Crippen LogP contribution < -0.4 is 5.43 Å². The van der Waals surface area contributed by atoms with E-state index >= 15 is 0 Å². The third-order valence-corrected chi connectivity index (χ3v) is 2.09. The van der Waals surface area contributed by atoms with Crippen molar-refractivity contribution in [1.29, 1.82) is 0 Å². The quantitative estimate of drug-likeness (QED) is 0.514. The number of hydrazone groups is 1. The van der Waals surface area contributed by atoms with Crippen molar-refractivity contribution in [2.75, 3.05) is 0 Å². The summed E-state index contributed by atoms with van der Waals surface area (Å²) < 4.78 is 0. The smallest absolute Gasteiger partial charge is 0.267 e. The van der Waals surface area contributed by atoms with Crippen LogP contribution in [0.15, 0.2) is 17.2 Å². The number of hydrogen-bond donors (Lipinski definition) is 1. The molecule has 0 aliphatic rings. The van der Waals surface area contributed by atoms with Crippen molar-refractivity contribution in [2.24, 2.45) is 5.10 Å². The minimum atomic E-state index is -0.362. The fourth-order valence-electron chi connectivity index (χ4n) is 0.958. The van der Waals surface area contributed by atoms with Gasteiger partial charge in [-0.15, -0.1) is 0 Å². The molecule has 1 aromatic rings. The number of unbranched alkanes of at least 4 members (excludes halogenated alkanes) is 1. The maximum absolute atomic E-state index is 11.5. The van der Waals surface area contributed by atoms with Crippen LogP contribution in [0.3, 0.4) is 0 Å². The lowest BCUT2D eigenvalue weighted by Gasteiger charge is -2.00. The van der Waals surface area contributed by atoms with E-state index < -0.39 is 0 Å². The molecule has 0 fully saturated rings. The van der Waals surface area contributed by atoms with Crippen LogP contribution in [0.4, 0.5) is 0 Å². The fraction of sp³-hybridized carbons (Fsp3) is 0.300. The van der Waals surface area contributed by atoms with E-state index in [9.17, 15) is 4.79 Å². The molecule has 0 atom stereocenters. The van der Waals surface area contributed by atoms with Gasteiger partial charge in [-0.3, -0.25) is 4.79 Å². The molecule has 0 radical (unpaired) electrons. The first-order chi connectivity index (χ1) is 7.63. The summed E-state index contributed by atoms with van der Waals surface area (Å²) in [4.78, 5) is 15.3. The second kappa shape index (κ2) is 6.45. The van der Waals surface area contributed by atoms with Crippen molar-refractivity contribution >= 4 is 35.3 Å². The zero-order valence-electron chi connectivity index (χ0n) is 8.70. The summed E-state index contributed by atoms with van der Waals surface area (Å²) in [5, 5.41) is 4.12. The van der Waals surface area contributed by atoms with Gasteiger partial charge in [0.1, 0.15) is 10.3 Å². The van der Waals surface area contributed by atoms with Gasteiger partial charge in [0.25, 0.3) is 5.91 Å². The highest BCUT2D eigenvalue weighted by molar-refractivity contribution is 6.33. The van der Waals surface area contributed by atoms with E-state index in [1.54, 1.807) is 6.21 Å². The number of halogens is 2. The summed E-state index contributed by atoms with van der Waals surface area (Å²) in [6.07, 6.45) is 3.44. The van der Waals surface area contributed by atoms with Crippen LogP contribution in [0.5, 0.6) is 0 Å². The predicted molar refractivity (Wildman–Crippen MR) is 65.1 cm³/mol. The van der Waals surface area contributed by atoms with E-state index in [0.29, 0.717) is 5.56 Å². The second-order valence-corrected chi connectivity index (χ2v) is 3.82. The van der Waals surface area contributed by atoms with Gasteiger partial charge in [-0.2, -0.15) is 5.10 Å². The van der Waals surface area contributed by atoms with E-state index in [1.165, 1.54) is 12.1 Å². The Labute approximate surface area is 104 Å². The molecule has 1 heterocycles. The average Bonchev–Trinajstić information content (AvgIpc) is 2.22. The number of carbonyl (C=O) groups is 1. The lowest BCUT2D eigenvalue weighted by atomic mass is 10.2. The molecule has 0 bridgehead atoms. The van der Waals surface area contributed by atoms with Crippen LogP contribution in [0, 0.1) is 0 Å². The maximum atomic E-state index is 11.5. The highest BCUT2D eigenvalue weighted by Crippen LogP contribution is 2.14. The molecule has 1 N–H and O–H groups in total. The molecule has 0 aliphatic carbocycles. The summed E-state index contributed by atoms with van der Waals surface area (Å²) in [5.74, 6) is -0.362. The number of nitrogens with zero attached hydrogens (tertiary/aromatic N) is 2. The van der Waals surface area contributed by atoms with Gasteiger partial charge in [0, 0.05) is 11.8 Å². The van der Waals surface area contributed by atoms with Gasteiger partial charge < -0.3 is 0 Å². The van der Waals surface area contributed by atoms with Gasteiger partial charge in [0.15, 0.2) is 0 Å². The van der Waals surface area contributed by atoms with Crippen LogP contribution >= 0.6 is 23.2 Å². The number of amides is 1. The molecule has 0 spiro atoms. The number of carbonyl (C=O) groups excluding carboxylic acids is 1. The molecule has 0 saturated carbocycles. The van der Waals surface area contributed by atoms with Crippen LogP contribution in [0.1, 0.15) is 30.1 Å². The zero-order chi connectivity index (χ0) is 12.0. The largest absolute Gasteiger partial charge is 0.271 e. The Morgan fingerprint density at radius 3 is 2.69 bits per heavy atom. The maximum Gasteiger partial charge on any atom is 0.271 e. The lowest BCUT2D eigenvalue weighted by Crippen LogP contribution is -2.17. The fourth-order valence-corrected chi connectivity index (χ4v) is 1.42. The molecule has 0 saturated heterocycles. The van der Waals surface area contributed by atoms with Crippen LogP contribution in [-0.2, 0) is 0 Å². The molecule has 4 nitrogen and oxygen atoms in total. The summed E-state index contributed by atoms with van der Waals surface area (Å²) >= 11 is 11.3. The average molecular weight is 260 g/mol. The Kier molecular flexibility index (Phi) is 5.22. The van der Waals surface area contributed by atoms with Gasteiger partial charge in [0.2, 0.25) is 0 Å². The second-order valence-electron chi connectivity index (χ2n) is 3.04. The van der Waals surface area contributed by atoms with Gasteiger partial charge in [-0.05, 0) is 18.6 Å². The third kappa shape index (κ3) is 4.16. The Morgan fingerprint density at radius 2 is 2.12 bits per heavy atom. The molecular formula is C10H11Cl2N3O. The number of pyridine rings is 1. The lowest BCUT2D eigenvalue weighted by molar-refractivity contribution is 0.0955. The topological polar surface area (TPSA) is 54.4 Å². The van der Waals surface area contributed by atoms with E-state index in [0.717, 1.165) is 12.8 Å². The number of rotatable bonds is 4. The Bertz CT molecular complexity index is 387. The van der Waals surface area contributed by atoms with Crippen LogP contribution in [-0.4, -0.2) is 17.1 Å². The summed E-state index contributed by atoms with van der Waals surface area (Å²) in [7, 11) is 0. The van der Waals surface area contributed by atoms with Crippen molar-refractivity contribution in [3.8, 4) is 0 Å². The highest BCUT2D eigenvalue weighted by atomic mass is 35.5. The monoisotopic (exact) mass is 259 g/mol. The van der Waals surface area contributed by atoms with Gasteiger partial charge in [-0.25, -0.2) is 10.4 Å². The Hall–Kier alpha value is -1.13. The first kappa shape index (κ1) is 12.9. The zero-order valence-corrected chi connectivity index (χ0v) is 10.2. The molecule has 1 aromatic heterocycles. The normalized spacial score (nSPS) is 10.7. The van der Waals surface area contributed by atoms with Gasteiger partial charge in [0.05, 0.1) is 0 Å². The van der Waals surface area contributed by atoms with Gasteiger partial charge >= 0.3 is 0 Å². The minimum absolute atomic E-state index is 0.176. The molecule has 0 unspecified atom stereocenters. The summed E-state index contributed by atoms with van der Waals surface area (Å²) in [6, 6.07) is 2.86. The van der Waals surface area contributed by atoms with Crippen LogP contribution in [0.2, 0.25) is 10.3 Å². The van der Waals surface area contributed by atoms with Crippen molar-refractivity contribution in [2.45, 2.75) is 19.8 Å². The number of hydrogen-bond acceptors (Lipinski definition) is 3. The van der Waals surface area contributed by atoms with Crippen molar-refractivity contribution in [1.82, 2.24) is 10.4 Å². The summed E-state index contributed by atoms with van der Waals surface area (Å²) in [5.41, 5.74) is 2.71. The standard InChI is InChI=1S/C10H11Cl2N3O/c1-2-3-4-13-15-10(16)7-5-8(11)14-9(12)6-7/h4-6H,2-3H2,1H3,(H,15,16). The SMILES string of the molecule is CCCC=NNC(=O)c1cc(Cl)nc(Cl)c1. The van der Waals surface area contributed by atoms with Crippen molar-refractivity contribution in [3.05, 3.63) is 28.0 Å². The molecule has 1 rings (SSSR count). The Morgan fingerprint density at radius 1 is 1.50 bits per heavy atom. The molecule has 16 heavy (non-hydrogen) atoms. The predicted octanol–water partition coefficient (Wildman–Crippen LogP) is 2.90. The van der Waals surface area contributed by atoms with E-state index in [1.807, 2.05) is 6.92 Å². The third-order valence-electron chi connectivity index (χ3n) is 1.70. The molecule has 0 aromatic carbocycles. The van der Waals surface area contributed by atoms with E-state index in [4.69, 9.17) is 23.2 Å². The first-order valence-corrected chi connectivity index (χ1v) is 5.54. The van der Waals surface area contributed by atoms with Crippen molar-refractivity contribution in [3.63, 3.8) is 0 Å².